The summed E-state index contributed by atoms with van der Waals surface area (Å²) in [6.07, 6.45) is 3.72. The Labute approximate surface area is 111 Å². The van der Waals surface area contributed by atoms with Gasteiger partial charge in [0.25, 0.3) is 0 Å². The van der Waals surface area contributed by atoms with E-state index < -0.39 is 12.0 Å². The number of hydrogen-bond acceptors (Lipinski definition) is 5. The second-order valence-electron chi connectivity index (χ2n) is 4.40. The maximum Gasteiger partial charge on any atom is 0.137 e. The summed E-state index contributed by atoms with van der Waals surface area (Å²) < 4.78 is 0. The average molecular weight is 258 g/mol. The lowest BCUT2D eigenvalue weighted by Gasteiger charge is -2.20. The van der Waals surface area contributed by atoms with E-state index in [-0.39, 0.29) is 0 Å². The number of hydrogen-bond donors (Lipinski definition) is 1. The van der Waals surface area contributed by atoms with Crippen LogP contribution in [-0.4, -0.2) is 22.0 Å². The first-order chi connectivity index (χ1) is 9.22. The number of carboxylic acid groups (broad SMARTS) is 1. The minimum absolute atomic E-state index is 0.525. The van der Waals surface area contributed by atoms with Crippen LogP contribution in [0.4, 0.5) is 5.82 Å². The first kappa shape index (κ1) is 13.3. The van der Waals surface area contributed by atoms with Crippen LogP contribution in [0.15, 0.2) is 30.6 Å². The van der Waals surface area contributed by atoms with Crippen molar-refractivity contribution in [2.45, 2.75) is 32.2 Å². The van der Waals surface area contributed by atoms with Crippen molar-refractivity contribution >= 4 is 22.7 Å². The molecular formula is C14H16N3O2-. The van der Waals surface area contributed by atoms with Gasteiger partial charge in [0.1, 0.15) is 12.1 Å². The minimum atomic E-state index is -1.10. The van der Waals surface area contributed by atoms with Crippen LogP contribution in [0.3, 0.4) is 0 Å². The van der Waals surface area contributed by atoms with E-state index in [1.165, 1.54) is 6.33 Å². The Balaban J connectivity index is 2.26. The summed E-state index contributed by atoms with van der Waals surface area (Å²) in [7, 11) is 0. The van der Waals surface area contributed by atoms with Crippen LogP contribution in [-0.2, 0) is 4.79 Å². The van der Waals surface area contributed by atoms with E-state index in [2.05, 4.69) is 15.3 Å². The second-order valence-corrected chi connectivity index (χ2v) is 4.40. The fourth-order valence-corrected chi connectivity index (χ4v) is 1.94. The molecule has 0 aliphatic heterocycles. The van der Waals surface area contributed by atoms with Crippen LogP contribution in [0.25, 0.3) is 10.9 Å². The van der Waals surface area contributed by atoms with E-state index in [4.69, 9.17) is 0 Å². The number of carboxylic acids is 1. The Bertz CT molecular complexity index is 566. The highest BCUT2D eigenvalue weighted by molar-refractivity contribution is 5.90. The molecule has 0 spiro atoms. The van der Waals surface area contributed by atoms with Crippen molar-refractivity contribution in [3.8, 4) is 0 Å². The quantitative estimate of drug-likeness (QED) is 0.846. The number of carbonyl (C=O) groups is 1. The van der Waals surface area contributed by atoms with Gasteiger partial charge in [-0.25, -0.2) is 9.97 Å². The molecular weight excluding hydrogens is 242 g/mol. The minimum Gasteiger partial charge on any atom is -0.548 e. The van der Waals surface area contributed by atoms with Gasteiger partial charge < -0.3 is 15.2 Å². The predicted octanol–water partition coefficient (Wildman–Crippen LogP) is 1.35. The van der Waals surface area contributed by atoms with Crippen molar-refractivity contribution < 1.29 is 9.90 Å². The number of nitrogens with zero attached hydrogens (tertiary/aromatic N) is 2. The molecule has 2 rings (SSSR count). The molecule has 0 saturated heterocycles. The van der Waals surface area contributed by atoms with Gasteiger partial charge in [0, 0.05) is 5.39 Å². The molecule has 0 saturated carbocycles. The maximum absolute atomic E-state index is 11.1. The Morgan fingerprint density at radius 1 is 1.37 bits per heavy atom. The van der Waals surface area contributed by atoms with Gasteiger partial charge in [0.2, 0.25) is 0 Å². The second kappa shape index (κ2) is 6.13. The molecule has 0 aliphatic rings. The number of anilines is 1. The molecule has 1 aromatic carbocycles. The molecule has 19 heavy (non-hydrogen) atoms. The number of unbranched alkanes of at least 4 members (excludes halogenated alkanes) is 1. The molecule has 0 bridgehead atoms. The van der Waals surface area contributed by atoms with Gasteiger partial charge in [-0.1, -0.05) is 31.9 Å². The molecule has 5 nitrogen and oxygen atoms in total. The first-order valence-corrected chi connectivity index (χ1v) is 6.39. The van der Waals surface area contributed by atoms with E-state index in [0.717, 1.165) is 23.7 Å². The van der Waals surface area contributed by atoms with Gasteiger partial charge in [-0.3, -0.25) is 0 Å². The van der Waals surface area contributed by atoms with Crippen molar-refractivity contribution in [2.75, 3.05) is 5.32 Å². The van der Waals surface area contributed by atoms with Gasteiger partial charge in [-0.2, -0.15) is 0 Å². The number of carbonyl (C=O) groups excluding carboxylic acids is 1. The number of para-hydroxylation sites is 1. The molecule has 1 N–H and O–H groups in total. The van der Waals surface area contributed by atoms with Crippen LogP contribution < -0.4 is 10.4 Å². The lowest BCUT2D eigenvalue weighted by molar-refractivity contribution is -0.306. The third-order valence-corrected chi connectivity index (χ3v) is 2.98. The maximum atomic E-state index is 11.1. The van der Waals surface area contributed by atoms with Crippen LogP contribution in [0.2, 0.25) is 0 Å². The van der Waals surface area contributed by atoms with Crippen molar-refractivity contribution in [1.29, 1.82) is 0 Å². The van der Waals surface area contributed by atoms with Crippen molar-refractivity contribution in [1.82, 2.24) is 9.97 Å². The third kappa shape index (κ3) is 3.19. The van der Waals surface area contributed by atoms with E-state index >= 15 is 0 Å². The fourth-order valence-electron chi connectivity index (χ4n) is 1.94. The van der Waals surface area contributed by atoms with E-state index in [0.29, 0.717) is 12.2 Å². The molecule has 0 fully saturated rings. The van der Waals surface area contributed by atoms with E-state index in [1.807, 2.05) is 31.2 Å². The third-order valence-electron chi connectivity index (χ3n) is 2.98. The van der Waals surface area contributed by atoms with Crippen LogP contribution in [0.1, 0.15) is 26.2 Å². The molecule has 1 unspecified atom stereocenters. The van der Waals surface area contributed by atoms with Crippen LogP contribution in [0.5, 0.6) is 0 Å². The molecule has 100 valence electrons. The molecule has 0 aliphatic carbocycles. The monoisotopic (exact) mass is 258 g/mol. The largest absolute Gasteiger partial charge is 0.548 e. The summed E-state index contributed by atoms with van der Waals surface area (Å²) in [6.45, 7) is 2.02. The number of aromatic nitrogens is 2. The van der Waals surface area contributed by atoms with Gasteiger partial charge in [-0.05, 0) is 18.6 Å². The Hall–Kier alpha value is -2.17. The molecule has 5 heteroatoms. The predicted molar refractivity (Wildman–Crippen MR) is 71.5 cm³/mol. The summed E-state index contributed by atoms with van der Waals surface area (Å²) in [5, 5.41) is 14.9. The molecule has 1 heterocycles. The Kier molecular flexibility index (Phi) is 4.28. The van der Waals surface area contributed by atoms with Crippen molar-refractivity contribution in [3.05, 3.63) is 30.6 Å². The number of rotatable bonds is 6. The number of benzene rings is 1. The van der Waals surface area contributed by atoms with Crippen LogP contribution in [0, 0.1) is 0 Å². The first-order valence-electron chi connectivity index (χ1n) is 6.39. The van der Waals surface area contributed by atoms with Crippen molar-refractivity contribution in [2.24, 2.45) is 0 Å². The SMILES string of the molecule is CCCCC(Nc1ncnc2ccccc12)C(=O)[O-]. The highest BCUT2D eigenvalue weighted by Crippen LogP contribution is 2.19. The summed E-state index contributed by atoms with van der Waals surface area (Å²) in [5.74, 6) is -0.563. The van der Waals surface area contributed by atoms with Crippen LogP contribution >= 0.6 is 0 Å². The van der Waals surface area contributed by atoms with E-state index in [9.17, 15) is 9.90 Å². The molecule has 0 radical (unpaired) electrons. The summed E-state index contributed by atoms with van der Waals surface area (Å²) in [5.41, 5.74) is 0.785. The molecule has 1 aromatic heterocycles. The molecule has 0 amide bonds. The number of aliphatic carboxylic acids is 1. The Morgan fingerprint density at radius 2 is 2.16 bits per heavy atom. The summed E-state index contributed by atoms with van der Waals surface area (Å²) >= 11 is 0. The van der Waals surface area contributed by atoms with Crippen molar-refractivity contribution in [3.63, 3.8) is 0 Å². The lowest BCUT2D eigenvalue weighted by atomic mass is 10.1. The zero-order valence-electron chi connectivity index (χ0n) is 10.8. The smallest absolute Gasteiger partial charge is 0.137 e. The zero-order valence-corrected chi connectivity index (χ0v) is 10.8. The highest BCUT2D eigenvalue weighted by atomic mass is 16.4. The zero-order chi connectivity index (χ0) is 13.7. The number of nitrogens with one attached hydrogen (secondary N) is 1. The topological polar surface area (TPSA) is 77.9 Å². The normalized spacial score (nSPS) is 12.3. The Morgan fingerprint density at radius 3 is 2.89 bits per heavy atom. The molecule has 2 aromatic rings. The lowest BCUT2D eigenvalue weighted by Crippen LogP contribution is -2.41. The standard InChI is InChI=1S/C14H17N3O2/c1-2-3-7-12(14(18)19)17-13-10-6-4-5-8-11(10)15-9-16-13/h4-6,8-9,12H,2-3,7H2,1H3,(H,18,19)(H,15,16,17)/p-1. The number of fused-ring (bicyclic) bond motifs is 1. The summed E-state index contributed by atoms with van der Waals surface area (Å²) in [6, 6.07) is 6.76. The van der Waals surface area contributed by atoms with E-state index in [1.54, 1.807) is 0 Å². The molecule has 1 atom stereocenters. The van der Waals surface area contributed by atoms with Gasteiger partial charge in [-0.15, -0.1) is 0 Å². The highest BCUT2D eigenvalue weighted by Gasteiger charge is 2.12. The summed E-state index contributed by atoms with van der Waals surface area (Å²) in [4.78, 5) is 19.4. The van der Waals surface area contributed by atoms with Gasteiger partial charge in [0.05, 0.1) is 17.5 Å². The van der Waals surface area contributed by atoms with Gasteiger partial charge in [0.15, 0.2) is 0 Å². The fraction of sp³-hybridized carbons (Fsp3) is 0.357. The average Bonchev–Trinajstić information content (AvgIpc) is 2.43. The van der Waals surface area contributed by atoms with Gasteiger partial charge >= 0.3 is 0 Å².